The van der Waals surface area contributed by atoms with E-state index in [1.807, 2.05) is 6.92 Å². The molecule has 0 atom stereocenters. The topological polar surface area (TPSA) is 106 Å². The third-order valence-corrected chi connectivity index (χ3v) is 4.16. The first-order valence-electron chi connectivity index (χ1n) is 8.42. The number of nitrogens with zero attached hydrogens (tertiary/aromatic N) is 1. The summed E-state index contributed by atoms with van der Waals surface area (Å²) in [6, 6.07) is 3.20. The second-order valence-corrected chi connectivity index (χ2v) is 5.93. The number of carbonyl (C=O) groups is 2. The van der Waals surface area contributed by atoms with Crippen LogP contribution >= 0.6 is 0 Å². The molecule has 3 rings (SSSR count). The highest BCUT2D eigenvalue weighted by Crippen LogP contribution is 2.29. The van der Waals surface area contributed by atoms with Crippen LogP contribution in [-0.4, -0.2) is 37.8 Å². The molecule has 0 aromatic carbocycles. The lowest BCUT2D eigenvalue weighted by Gasteiger charge is -2.13. The maximum atomic E-state index is 12.3. The van der Waals surface area contributed by atoms with Gasteiger partial charge in [0.25, 0.3) is 5.91 Å². The van der Waals surface area contributed by atoms with Crippen LogP contribution < -0.4 is 10.7 Å². The molecule has 8 heteroatoms. The number of carbonyl (C=O) groups excluding carboxylic acids is 2. The van der Waals surface area contributed by atoms with Crippen molar-refractivity contribution in [2.75, 3.05) is 20.3 Å². The molecule has 0 unspecified atom stereocenters. The van der Waals surface area contributed by atoms with Crippen LogP contribution in [0.2, 0.25) is 0 Å². The fourth-order valence-corrected chi connectivity index (χ4v) is 2.92. The van der Waals surface area contributed by atoms with Crippen LogP contribution in [0.5, 0.6) is 0 Å². The molecule has 0 saturated heterocycles. The Bertz CT molecular complexity index is 820. The summed E-state index contributed by atoms with van der Waals surface area (Å²) < 4.78 is 15.8. The lowest BCUT2D eigenvalue weighted by molar-refractivity contribution is 0.0905. The SMILES string of the molecule is COCCNC(=O)c1oc2c(c1C)/C(=N/NC(=O)c1ccco1)CCC2. The maximum Gasteiger partial charge on any atom is 0.307 e. The summed E-state index contributed by atoms with van der Waals surface area (Å²) in [5.41, 5.74) is 4.72. The Balaban J connectivity index is 1.79. The standard InChI is InChI=1S/C18H21N3O5/c1-11-15-12(20-21-17(22)14-7-4-9-25-14)5-3-6-13(15)26-16(11)18(23)19-8-10-24-2/h4,7,9H,3,5-6,8,10H2,1-2H3,(H,19,23)(H,21,22)/b20-12+. The number of amides is 2. The lowest BCUT2D eigenvalue weighted by atomic mass is 9.93. The van der Waals surface area contributed by atoms with Crippen LogP contribution in [0, 0.1) is 6.92 Å². The van der Waals surface area contributed by atoms with E-state index in [4.69, 9.17) is 13.6 Å². The minimum Gasteiger partial charge on any atom is -0.459 e. The van der Waals surface area contributed by atoms with Gasteiger partial charge < -0.3 is 18.9 Å². The van der Waals surface area contributed by atoms with Crippen molar-refractivity contribution in [3.05, 3.63) is 46.8 Å². The molecule has 2 amide bonds. The van der Waals surface area contributed by atoms with Gasteiger partial charge in [-0.15, -0.1) is 0 Å². The number of rotatable bonds is 6. The van der Waals surface area contributed by atoms with Gasteiger partial charge in [-0.25, -0.2) is 5.43 Å². The van der Waals surface area contributed by atoms with Crippen molar-refractivity contribution < 1.29 is 23.2 Å². The molecule has 26 heavy (non-hydrogen) atoms. The van der Waals surface area contributed by atoms with Gasteiger partial charge in [0.1, 0.15) is 5.76 Å². The van der Waals surface area contributed by atoms with Crippen molar-refractivity contribution >= 4 is 17.5 Å². The maximum absolute atomic E-state index is 12.3. The fraction of sp³-hybridized carbons (Fsp3) is 0.389. The van der Waals surface area contributed by atoms with Crippen LogP contribution in [0.1, 0.15) is 50.8 Å². The summed E-state index contributed by atoms with van der Waals surface area (Å²) in [5.74, 6) is 0.475. The van der Waals surface area contributed by atoms with Gasteiger partial charge in [-0.1, -0.05) is 0 Å². The monoisotopic (exact) mass is 359 g/mol. The van der Waals surface area contributed by atoms with Gasteiger partial charge in [0.05, 0.1) is 18.6 Å². The van der Waals surface area contributed by atoms with Crippen LogP contribution in [0.15, 0.2) is 32.3 Å². The molecule has 2 N–H and O–H groups in total. The van der Waals surface area contributed by atoms with E-state index in [2.05, 4.69) is 15.8 Å². The molecule has 0 bridgehead atoms. The third kappa shape index (κ3) is 3.70. The van der Waals surface area contributed by atoms with Crippen LogP contribution in [0.3, 0.4) is 0 Å². The Morgan fingerprint density at radius 3 is 2.88 bits per heavy atom. The number of hydrogen-bond acceptors (Lipinski definition) is 6. The van der Waals surface area contributed by atoms with E-state index in [1.54, 1.807) is 19.2 Å². The Labute approximate surface area is 150 Å². The highest BCUT2D eigenvalue weighted by Gasteiger charge is 2.28. The number of aryl methyl sites for hydroxylation is 1. The summed E-state index contributed by atoms with van der Waals surface area (Å²) >= 11 is 0. The van der Waals surface area contributed by atoms with Crippen LogP contribution in [0.4, 0.5) is 0 Å². The van der Waals surface area contributed by atoms with Gasteiger partial charge in [-0.05, 0) is 31.9 Å². The zero-order chi connectivity index (χ0) is 18.5. The minimum atomic E-state index is -0.423. The zero-order valence-corrected chi connectivity index (χ0v) is 14.8. The van der Waals surface area contributed by atoms with Gasteiger partial charge in [-0.2, -0.15) is 5.10 Å². The molecule has 0 spiro atoms. The largest absolute Gasteiger partial charge is 0.459 e. The van der Waals surface area contributed by atoms with Crippen molar-refractivity contribution in [2.24, 2.45) is 5.10 Å². The molecule has 8 nitrogen and oxygen atoms in total. The van der Waals surface area contributed by atoms with E-state index in [9.17, 15) is 9.59 Å². The number of furan rings is 2. The highest BCUT2D eigenvalue weighted by atomic mass is 16.5. The Kier molecular flexibility index (Phi) is 5.52. The molecular formula is C18H21N3O5. The molecule has 1 aliphatic rings. The first kappa shape index (κ1) is 17.9. The summed E-state index contributed by atoms with van der Waals surface area (Å²) in [6.45, 7) is 2.65. The van der Waals surface area contributed by atoms with Crippen molar-refractivity contribution in [2.45, 2.75) is 26.2 Å². The molecule has 2 heterocycles. The molecule has 0 radical (unpaired) electrons. The van der Waals surface area contributed by atoms with Crippen molar-refractivity contribution in [3.8, 4) is 0 Å². The van der Waals surface area contributed by atoms with E-state index >= 15 is 0 Å². The molecule has 0 saturated carbocycles. The Hall–Kier alpha value is -2.87. The summed E-state index contributed by atoms with van der Waals surface area (Å²) in [7, 11) is 1.57. The fourth-order valence-electron chi connectivity index (χ4n) is 2.92. The second-order valence-electron chi connectivity index (χ2n) is 5.93. The van der Waals surface area contributed by atoms with Gasteiger partial charge in [0.15, 0.2) is 11.5 Å². The summed E-state index contributed by atoms with van der Waals surface area (Å²) in [6.07, 6.45) is 3.68. The first-order chi connectivity index (χ1) is 12.6. The molecular weight excluding hydrogens is 338 g/mol. The summed E-state index contributed by atoms with van der Waals surface area (Å²) in [5, 5.41) is 6.99. The van der Waals surface area contributed by atoms with Gasteiger partial charge in [-0.3, -0.25) is 9.59 Å². The Morgan fingerprint density at radius 2 is 2.15 bits per heavy atom. The predicted octanol–water partition coefficient (Wildman–Crippen LogP) is 2.03. The van der Waals surface area contributed by atoms with Crippen molar-refractivity contribution in [1.82, 2.24) is 10.7 Å². The molecule has 0 fully saturated rings. The smallest absolute Gasteiger partial charge is 0.307 e. The number of methoxy groups -OCH3 is 1. The van der Waals surface area contributed by atoms with Gasteiger partial charge in [0, 0.05) is 31.2 Å². The average Bonchev–Trinajstić information content (AvgIpc) is 3.28. The van der Waals surface area contributed by atoms with Gasteiger partial charge in [0.2, 0.25) is 0 Å². The normalized spacial score (nSPS) is 14.9. The second kappa shape index (κ2) is 8.01. The lowest BCUT2D eigenvalue weighted by Crippen LogP contribution is -2.27. The van der Waals surface area contributed by atoms with Crippen molar-refractivity contribution in [1.29, 1.82) is 0 Å². The van der Waals surface area contributed by atoms with Crippen LogP contribution in [0.25, 0.3) is 0 Å². The molecule has 1 aliphatic carbocycles. The van der Waals surface area contributed by atoms with Gasteiger partial charge >= 0.3 is 5.91 Å². The Morgan fingerprint density at radius 1 is 1.31 bits per heavy atom. The van der Waals surface area contributed by atoms with E-state index in [-0.39, 0.29) is 17.4 Å². The summed E-state index contributed by atoms with van der Waals surface area (Å²) in [4.78, 5) is 24.3. The molecule has 2 aromatic heterocycles. The highest BCUT2D eigenvalue weighted by molar-refractivity contribution is 6.07. The number of hydrogen-bond donors (Lipinski definition) is 2. The van der Waals surface area contributed by atoms with Crippen LogP contribution in [-0.2, 0) is 11.2 Å². The van der Waals surface area contributed by atoms with Crippen molar-refractivity contribution in [3.63, 3.8) is 0 Å². The number of nitrogens with one attached hydrogen (secondary N) is 2. The molecule has 2 aromatic rings. The first-order valence-corrected chi connectivity index (χ1v) is 8.42. The average molecular weight is 359 g/mol. The van der Waals surface area contributed by atoms with E-state index < -0.39 is 5.91 Å². The number of fused-ring (bicyclic) bond motifs is 1. The third-order valence-electron chi connectivity index (χ3n) is 4.16. The number of ether oxygens (including phenoxy) is 1. The number of hydrazone groups is 1. The molecule has 138 valence electrons. The van der Waals surface area contributed by atoms with E-state index in [1.165, 1.54) is 6.26 Å². The van der Waals surface area contributed by atoms with E-state index in [0.717, 1.165) is 29.7 Å². The van der Waals surface area contributed by atoms with E-state index in [0.29, 0.717) is 25.3 Å². The zero-order valence-electron chi connectivity index (χ0n) is 14.8. The molecule has 0 aliphatic heterocycles. The predicted molar refractivity (Wildman–Crippen MR) is 93.3 cm³/mol. The quantitative estimate of drug-likeness (QED) is 0.606. The minimum absolute atomic E-state index is 0.188.